The maximum Gasteiger partial charge on any atom is 0.221 e. The molecule has 1 amide bonds. The first kappa shape index (κ1) is 15.4. The SMILES string of the molecule is CCC(N)CC(=O)NCCCOCC(C)C. The van der Waals surface area contributed by atoms with Crippen molar-refractivity contribution in [3.63, 3.8) is 0 Å². The average Bonchev–Trinajstić information content (AvgIpc) is 2.22. The Hall–Kier alpha value is -0.610. The number of nitrogens with two attached hydrogens (primary N) is 1. The molecule has 4 nitrogen and oxygen atoms in total. The molecule has 0 aliphatic rings. The topological polar surface area (TPSA) is 64.4 Å². The normalized spacial score (nSPS) is 12.8. The Balaban J connectivity index is 3.28. The van der Waals surface area contributed by atoms with Gasteiger partial charge in [-0.25, -0.2) is 0 Å². The molecule has 0 saturated carbocycles. The van der Waals surface area contributed by atoms with Crippen LogP contribution in [0.1, 0.15) is 40.0 Å². The zero-order valence-corrected chi connectivity index (χ0v) is 10.8. The van der Waals surface area contributed by atoms with Crippen molar-refractivity contribution in [1.29, 1.82) is 0 Å². The molecule has 0 aromatic carbocycles. The summed E-state index contributed by atoms with van der Waals surface area (Å²) in [5.41, 5.74) is 5.67. The van der Waals surface area contributed by atoms with Crippen molar-refractivity contribution in [2.45, 2.75) is 46.1 Å². The molecule has 0 aromatic rings. The van der Waals surface area contributed by atoms with Gasteiger partial charge in [-0.1, -0.05) is 20.8 Å². The third-order valence-corrected chi connectivity index (χ3v) is 2.21. The molecule has 0 spiro atoms. The Morgan fingerprint density at radius 3 is 2.69 bits per heavy atom. The lowest BCUT2D eigenvalue weighted by Crippen LogP contribution is -2.32. The molecule has 0 aliphatic carbocycles. The summed E-state index contributed by atoms with van der Waals surface area (Å²) in [5, 5.41) is 2.84. The molecule has 0 bridgehead atoms. The van der Waals surface area contributed by atoms with E-state index in [9.17, 15) is 4.79 Å². The van der Waals surface area contributed by atoms with Gasteiger partial charge in [0.25, 0.3) is 0 Å². The van der Waals surface area contributed by atoms with Gasteiger partial charge in [0.2, 0.25) is 5.91 Å². The van der Waals surface area contributed by atoms with Gasteiger partial charge in [0.15, 0.2) is 0 Å². The van der Waals surface area contributed by atoms with Crippen molar-refractivity contribution in [3.8, 4) is 0 Å². The number of amides is 1. The highest BCUT2D eigenvalue weighted by molar-refractivity contribution is 5.76. The van der Waals surface area contributed by atoms with Crippen LogP contribution in [0.5, 0.6) is 0 Å². The lowest BCUT2D eigenvalue weighted by molar-refractivity contribution is -0.121. The van der Waals surface area contributed by atoms with Crippen LogP contribution in [0.3, 0.4) is 0 Å². The molecule has 0 aromatic heterocycles. The molecule has 96 valence electrons. The van der Waals surface area contributed by atoms with Gasteiger partial charge in [0, 0.05) is 32.2 Å². The molecule has 4 heteroatoms. The Labute approximate surface area is 98.9 Å². The molecule has 16 heavy (non-hydrogen) atoms. The van der Waals surface area contributed by atoms with Crippen LogP contribution in [-0.4, -0.2) is 31.7 Å². The summed E-state index contributed by atoms with van der Waals surface area (Å²) >= 11 is 0. The standard InChI is InChI=1S/C12H26N2O2/c1-4-11(13)8-12(15)14-6-5-7-16-9-10(2)3/h10-11H,4-9,13H2,1-3H3,(H,14,15). The van der Waals surface area contributed by atoms with E-state index in [1.165, 1.54) is 0 Å². The summed E-state index contributed by atoms with van der Waals surface area (Å²) in [5.74, 6) is 0.607. The quantitative estimate of drug-likeness (QED) is 0.587. The van der Waals surface area contributed by atoms with E-state index in [2.05, 4.69) is 19.2 Å². The minimum absolute atomic E-state index is 0.0165. The predicted octanol–water partition coefficient (Wildman–Crippen LogP) is 1.29. The van der Waals surface area contributed by atoms with E-state index in [1.807, 2.05) is 6.92 Å². The van der Waals surface area contributed by atoms with E-state index in [-0.39, 0.29) is 11.9 Å². The zero-order chi connectivity index (χ0) is 12.4. The second-order valence-electron chi connectivity index (χ2n) is 4.54. The molecular weight excluding hydrogens is 204 g/mol. The number of hydrogen-bond donors (Lipinski definition) is 2. The minimum atomic E-state index is -0.0165. The Morgan fingerprint density at radius 2 is 2.12 bits per heavy atom. The monoisotopic (exact) mass is 230 g/mol. The van der Waals surface area contributed by atoms with Gasteiger partial charge >= 0.3 is 0 Å². The summed E-state index contributed by atoms with van der Waals surface area (Å²) in [6, 6.07) is -0.0165. The summed E-state index contributed by atoms with van der Waals surface area (Å²) in [6.45, 7) is 8.39. The second kappa shape index (κ2) is 9.60. The van der Waals surface area contributed by atoms with Crippen molar-refractivity contribution in [2.24, 2.45) is 11.7 Å². The third kappa shape index (κ3) is 9.93. The first-order valence-corrected chi connectivity index (χ1v) is 6.16. The molecule has 0 rings (SSSR count). The molecule has 0 saturated heterocycles. The molecule has 0 heterocycles. The number of carbonyl (C=O) groups is 1. The lowest BCUT2D eigenvalue weighted by atomic mass is 10.1. The Morgan fingerprint density at radius 1 is 1.44 bits per heavy atom. The average molecular weight is 230 g/mol. The fourth-order valence-corrected chi connectivity index (χ4v) is 1.18. The van der Waals surface area contributed by atoms with Gasteiger partial charge in [-0.3, -0.25) is 4.79 Å². The van der Waals surface area contributed by atoms with Crippen LogP contribution in [0.2, 0.25) is 0 Å². The summed E-state index contributed by atoms with van der Waals surface area (Å²) in [6.07, 6.45) is 2.12. The van der Waals surface area contributed by atoms with Crippen LogP contribution in [0, 0.1) is 5.92 Å². The van der Waals surface area contributed by atoms with E-state index in [0.717, 1.165) is 19.4 Å². The highest BCUT2D eigenvalue weighted by atomic mass is 16.5. The van der Waals surface area contributed by atoms with Gasteiger partial charge in [0.1, 0.15) is 0 Å². The van der Waals surface area contributed by atoms with E-state index in [1.54, 1.807) is 0 Å². The lowest BCUT2D eigenvalue weighted by Gasteiger charge is -2.10. The molecule has 0 fully saturated rings. The number of rotatable bonds is 9. The maximum absolute atomic E-state index is 11.3. The van der Waals surface area contributed by atoms with Gasteiger partial charge < -0.3 is 15.8 Å². The Kier molecular flexibility index (Phi) is 9.24. The second-order valence-corrected chi connectivity index (χ2v) is 4.54. The van der Waals surface area contributed by atoms with Crippen LogP contribution >= 0.6 is 0 Å². The summed E-state index contributed by atoms with van der Waals surface area (Å²) in [4.78, 5) is 11.3. The van der Waals surface area contributed by atoms with Crippen LogP contribution in [-0.2, 0) is 9.53 Å². The van der Waals surface area contributed by atoms with Gasteiger partial charge in [0.05, 0.1) is 0 Å². The summed E-state index contributed by atoms with van der Waals surface area (Å²) in [7, 11) is 0. The van der Waals surface area contributed by atoms with Crippen LogP contribution < -0.4 is 11.1 Å². The van der Waals surface area contributed by atoms with Gasteiger partial charge in [-0.2, -0.15) is 0 Å². The fraction of sp³-hybridized carbons (Fsp3) is 0.917. The predicted molar refractivity (Wildman–Crippen MR) is 66.2 cm³/mol. The van der Waals surface area contributed by atoms with Gasteiger partial charge in [-0.15, -0.1) is 0 Å². The first-order valence-electron chi connectivity index (χ1n) is 6.16. The van der Waals surface area contributed by atoms with Crippen LogP contribution in [0.15, 0.2) is 0 Å². The Bertz CT molecular complexity index is 184. The number of carbonyl (C=O) groups excluding carboxylic acids is 1. The van der Waals surface area contributed by atoms with E-state index in [4.69, 9.17) is 10.5 Å². The molecule has 1 unspecified atom stereocenters. The van der Waals surface area contributed by atoms with Crippen molar-refractivity contribution < 1.29 is 9.53 Å². The smallest absolute Gasteiger partial charge is 0.221 e. The highest BCUT2D eigenvalue weighted by Gasteiger charge is 2.06. The van der Waals surface area contributed by atoms with Crippen molar-refractivity contribution in [2.75, 3.05) is 19.8 Å². The number of nitrogens with one attached hydrogen (secondary N) is 1. The van der Waals surface area contributed by atoms with Crippen molar-refractivity contribution >= 4 is 5.91 Å². The number of ether oxygens (including phenoxy) is 1. The highest BCUT2D eigenvalue weighted by Crippen LogP contribution is 1.94. The van der Waals surface area contributed by atoms with Gasteiger partial charge in [-0.05, 0) is 18.8 Å². The van der Waals surface area contributed by atoms with Crippen molar-refractivity contribution in [3.05, 3.63) is 0 Å². The van der Waals surface area contributed by atoms with Crippen LogP contribution in [0.4, 0.5) is 0 Å². The molecule has 3 N–H and O–H groups in total. The van der Waals surface area contributed by atoms with Crippen molar-refractivity contribution in [1.82, 2.24) is 5.32 Å². The third-order valence-electron chi connectivity index (χ3n) is 2.21. The number of hydrogen-bond acceptors (Lipinski definition) is 3. The molecular formula is C12H26N2O2. The molecule has 1 atom stereocenters. The molecule has 0 aliphatic heterocycles. The first-order chi connectivity index (χ1) is 7.56. The van der Waals surface area contributed by atoms with Crippen LogP contribution in [0.25, 0.3) is 0 Å². The zero-order valence-electron chi connectivity index (χ0n) is 10.8. The van der Waals surface area contributed by atoms with E-state index in [0.29, 0.717) is 25.5 Å². The summed E-state index contributed by atoms with van der Waals surface area (Å²) < 4.78 is 5.40. The van der Waals surface area contributed by atoms with E-state index >= 15 is 0 Å². The fourth-order valence-electron chi connectivity index (χ4n) is 1.18. The minimum Gasteiger partial charge on any atom is -0.381 e. The largest absolute Gasteiger partial charge is 0.381 e. The molecule has 0 radical (unpaired) electrons. The van der Waals surface area contributed by atoms with E-state index < -0.39 is 0 Å². The maximum atomic E-state index is 11.3.